The van der Waals surface area contributed by atoms with Gasteiger partial charge in [-0.15, -0.1) is 0 Å². The summed E-state index contributed by atoms with van der Waals surface area (Å²) in [7, 11) is 0. The summed E-state index contributed by atoms with van der Waals surface area (Å²) in [6.07, 6.45) is 0. The van der Waals surface area contributed by atoms with E-state index in [1.54, 1.807) is 0 Å². The highest BCUT2D eigenvalue weighted by molar-refractivity contribution is 6.14. The maximum absolute atomic E-state index is 10.3. The molecule has 0 fully saturated rings. The number of aromatic nitrogens is 2. The predicted molar refractivity (Wildman–Crippen MR) is 292 cm³/mol. The summed E-state index contributed by atoms with van der Waals surface area (Å²) in [5.41, 5.74) is 22.1. The first-order chi connectivity index (χ1) is 34.3. The molecule has 0 saturated heterocycles. The van der Waals surface area contributed by atoms with Crippen LogP contribution in [0.1, 0.15) is 27.8 Å². The summed E-state index contributed by atoms with van der Waals surface area (Å²) in [6, 6.07) is 75.6. The average molecular weight is 895 g/mol. The molecule has 0 bridgehead atoms. The SMILES string of the molecule is [C-]#[N+]c1c(-n2c3cc(-c4ccccc4C)ccc3c3ccc(-c4ccccc4C)cc32)ccc(-c2cccc(C#N)c2)c1-n1c2cc(-c3ccccc3C)ccc2c2ccc(-c3ccccc3C)cc21. The van der Waals surface area contributed by atoms with Crippen molar-refractivity contribution in [2.24, 2.45) is 0 Å². The Balaban J connectivity index is 1.25. The Labute approximate surface area is 408 Å². The molecule has 0 aliphatic heterocycles. The highest BCUT2D eigenvalue weighted by atomic mass is 15.1. The summed E-state index contributed by atoms with van der Waals surface area (Å²) in [5, 5.41) is 14.7. The van der Waals surface area contributed by atoms with Crippen LogP contribution in [-0.2, 0) is 0 Å². The second-order valence-corrected chi connectivity index (χ2v) is 18.5. The number of nitrogens with zero attached hydrogens (tertiary/aromatic N) is 4. The number of hydrogen-bond donors (Lipinski definition) is 0. The summed E-state index contributed by atoms with van der Waals surface area (Å²) < 4.78 is 4.66. The Hall–Kier alpha value is -9.22. The largest absolute Gasteiger partial charge is 0.319 e. The van der Waals surface area contributed by atoms with Crippen molar-refractivity contribution in [2.45, 2.75) is 27.7 Å². The van der Waals surface area contributed by atoms with Gasteiger partial charge in [-0.1, -0.05) is 164 Å². The maximum atomic E-state index is 10.3. The summed E-state index contributed by atoms with van der Waals surface area (Å²) in [4.78, 5) is 4.66. The van der Waals surface area contributed by atoms with Gasteiger partial charge in [0.05, 0.1) is 51.6 Å². The maximum Gasteiger partial charge on any atom is 0.234 e. The molecule has 0 amide bonds. The van der Waals surface area contributed by atoms with Crippen molar-refractivity contribution in [3.8, 4) is 73.1 Å². The zero-order valence-electron chi connectivity index (χ0n) is 39.4. The van der Waals surface area contributed by atoms with Crippen LogP contribution < -0.4 is 0 Å². The van der Waals surface area contributed by atoms with E-state index in [-0.39, 0.29) is 0 Å². The van der Waals surface area contributed by atoms with E-state index in [1.165, 1.54) is 33.4 Å². The Kier molecular flexibility index (Phi) is 10.1. The molecule has 12 aromatic rings. The number of benzene rings is 10. The van der Waals surface area contributed by atoms with E-state index in [2.05, 4.69) is 236 Å². The number of hydrogen-bond acceptors (Lipinski definition) is 1. The molecule has 70 heavy (non-hydrogen) atoms. The van der Waals surface area contributed by atoms with Crippen molar-refractivity contribution in [2.75, 3.05) is 0 Å². The Morgan fingerprint density at radius 1 is 0.371 bits per heavy atom. The number of nitriles is 1. The van der Waals surface area contributed by atoms with E-state index in [9.17, 15) is 11.8 Å². The van der Waals surface area contributed by atoms with Gasteiger partial charge >= 0.3 is 0 Å². The number of rotatable bonds is 7. The van der Waals surface area contributed by atoms with E-state index >= 15 is 0 Å². The number of fused-ring (bicyclic) bond motifs is 6. The van der Waals surface area contributed by atoms with E-state index in [4.69, 9.17) is 0 Å². The van der Waals surface area contributed by atoms with Gasteiger partial charge in [0.2, 0.25) is 5.69 Å². The molecule has 2 aromatic heterocycles. The van der Waals surface area contributed by atoms with Gasteiger partial charge in [-0.2, -0.15) is 5.26 Å². The van der Waals surface area contributed by atoms with Crippen LogP contribution in [0.5, 0.6) is 0 Å². The Morgan fingerprint density at radius 2 is 0.743 bits per heavy atom. The van der Waals surface area contributed by atoms with Crippen molar-refractivity contribution in [3.05, 3.63) is 245 Å². The highest BCUT2D eigenvalue weighted by Gasteiger charge is 2.26. The minimum atomic E-state index is 0.502. The molecule has 2 heterocycles. The van der Waals surface area contributed by atoms with E-state index < -0.39 is 0 Å². The molecule has 0 unspecified atom stereocenters. The van der Waals surface area contributed by atoms with Crippen LogP contribution in [0.3, 0.4) is 0 Å². The van der Waals surface area contributed by atoms with Gasteiger partial charge in [-0.05, 0) is 148 Å². The van der Waals surface area contributed by atoms with Crippen molar-refractivity contribution < 1.29 is 0 Å². The van der Waals surface area contributed by atoms with Crippen LogP contribution in [0.4, 0.5) is 5.69 Å². The van der Waals surface area contributed by atoms with Crippen LogP contribution in [0.25, 0.3) is 115 Å². The first-order valence-corrected chi connectivity index (χ1v) is 23.8. The summed E-state index contributed by atoms with van der Waals surface area (Å²) >= 11 is 0. The second-order valence-electron chi connectivity index (χ2n) is 18.5. The molecule has 0 radical (unpaired) electrons. The molecule has 12 rings (SSSR count). The van der Waals surface area contributed by atoms with Gasteiger partial charge in [-0.25, -0.2) is 4.85 Å². The molecule has 0 spiro atoms. The average Bonchev–Trinajstić information content (AvgIpc) is 3.89. The molecular formula is C66H46N4. The normalized spacial score (nSPS) is 11.4. The van der Waals surface area contributed by atoms with Crippen LogP contribution in [0.15, 0.2) is 206 Å². The second kappa shape index (κ2) is 16.8. The highest BCUT2D eigenvalue weighted by Crippen LogP contribution is 2.48. The molecule has 4 nitrogen and oxygen atoms in total. The quantitative estimate of drug-likeness (QED) is 0.147. The minimum Gasteiger partial charge on any atom is -0.319 e. The smallest absolute Gasteiger partial charge is 0.234 e. The van der Waals surface area contributed by atoms with Crippen molar-refractivity contribution >= 4 is 49.3 Å². The van der Waals surface area contributed by atoms with Crippen molar-refractivity contribution in [1.82, 2.24) is 9.13 Å². The monoisotopic (exact) mass is 894 g/mol. The van der Waals surface area contributed by atoms with Gasteiger partial charge in [0, 0.05) is 21.5 Å². The van der Waals surface area contributed by atoms with Gasteiger partial charge in [0.1, 0.15) is 0 Å². The predicted octanol–water partition coefficient (Wildman–Crippen LogP) is 17.9. The molecule has 10 aromatic carbocycles. The zero-order chi connectivity index (χ0) is 47.6. The van der Waals surface area contributed by atoms with Gasteiger partial charge in [0.15, 0.2) is 0 Å². The lowest BCUT2D eigenvalue weighted by atomic mass is 9.98. The van der Waals surface area contributed by atoms with E-state index in [0.29, 0.717) is 11.3 Å². The summed E-state index contributed by atoms with van der Waals surface area (Å²) in [5.74, 6) is 0. The fraction of sp³-hybridized carbons (Fsp3) is 0.0606. The third kappa shape index (κ3) is 6.81. The molecule has 0 aliphatic carbocycles. The van der Waals surface area contributed by atoms with E-state index in [0.717, 1.165) is 99.5 Å². The molecule has 0 atom stereocenters. The molecule has 0 N–H and O–H groups in total. The van der Waals surface area contributed by atoms with Gasteiger partial charge in [0.25, 0.3) is 0 Å². The lowest BCUT2D eigenvalue weighted by molar-refractivity contribution is 1.15. The third-order valence-electron chi connectivity index (χ3n) is 14.4. The molecular weight excluding hydrogens is 849 g/mol. The number of aryl methyl sites for hydroxylation is 4. The lowest BCUT2D eigenvalue weighted by Gasteiger charge is -2.21. The summed E-state index contributed by atoms with van der Waals surface area (Å²) in [6.45, 7) is 18.1. The molecule has 330 valence electrons. The lowest BCUT2D eigenvalue weighted by Crippen LogP contribution is -2.03. The van der Waals surface area contributed by atoms with Crippen molar-refractivity contribution in [3.63, 3.8) is 0 Å². The third-order valence-corrected chi connectivity index (χ3v) is 14.4. The first kappa shape index (κ1) is 42.2. The Bertz CT molecular complexity index is 4000. The minimum absolute atomic E-state index is 0.502. The van der Waals surface area contributed by atoms with Crippen LogP contribution in [0.2, 0.25) is 0 Å². The van der Waals surface area contributed by atoms with Crippen molar-refractivity contribution in [1.29, 1.82) is 5.26 Å². The zero-order valence-corrected chi connectivity index (χ0v) is 39.4. The standard InChI is InChI=1S/C66H46N4/c1-41-15-6-10-21-51(41)47-25-29-56-57-30-26-48(52-22-11-7-16-42(52)2)37-62(57)69(61(56)36-47)60-34-33-55(46-20-14-19-45(35-46)40-67)66(65(60)68-5)70-63-38-49(53-23-12-8-17-43(53)3)27-31-58(63)59-32-28-50(39-64(59)70)54-24-13-9-18-44(54)4/h6-39H,1-4H3. The van der Waals surface area contributed by atoms with Gasteiger partial charge in [-0.3, -0.25) is 0 Å². The van der Waals surface area contributed by atoms with Crippen LogP contribution in [-0.4, -0.2) is 9.13 Å². The molecule has 0 saturated carbocycles. The Morgan fingerprint density at radius 3 is 1.11 bits per heavy atom. The van der Waals surface area contributed by atoms with Crippen LogP contribution >= 0.6 is 0 Å². The fourth-order valence-electron chi connectivity index (χ4n) is 10.9. The van der Waals surface area contributed by atoms with E-state index in [1.807, 2.05) is 18.2 Å². The fourth-order valence-corrected chi connectivity index (χ4v) is 10.9. The van der Waals surface area contributed by atoms with Crippen LogP contribution in [0, 0.1) is 45.6 Å². The molecule has 0 aliphatic rings. The topological polar surface area (TPSA) is 38.0 Å². The molecule has 4 heteroatoms. The first-order valence-electron chi connectivity index (χ1n) is 23.8. The van der Waals surface area contributed by atoms with Gasteiger partial charge < -0.3 is 9.13 Å².